The number of nitro groups is 1. The summed E-state index contributed by atoms with van der Waals surface area (Å²) < 4.78 is 0. The Kier molecular flexibility index (Phi) is 2.81. The average Bonchev–Trinajstić information content (AvgIpc) is 2.17. The number of amidine groups is 1. The van der Waals surface area contributed by atoms with Crippen molar-refractivity contribution in [2.45, 2.75) is 6.92 Å². The SMILES string of the molecule is CNC(=N)c1ccc(C)c([N+](=O)[O-])c1. The van der Waals surface area contributed by atoms with Gasteiger partial charge < -0.3 is 5.32 Å². The van der Waals surface area contributed by atoms with Crippen molar-refractivity contribution in [1.82, 2.24) is 5.32 Å². The maximum Gasteiger partial charge on any atom is 0.273 e. The zero-order chi connectivity index (χ0) is 10.7. The number of hydrogen-bond donors (Lipinski definition) is 2. The highest BCUT2D eigenvalue weighted by atomic mass is 16.6. The van der Waals surface area contributed by atoms with E-state index >= 15 is 0 Å². The standard InChI is InChI=1S/C9H11N3O2/c1-6-3-4-7(9(10)11-2)5-8(6)12(13)14/h3-5H,1-2H3,(H2,10,11). The molecular formula is C9H11N3O2. The fraction of sp³-hybridized carbons (Fsp3) is 0.222. The van der Waals surface area contributed by atoms with Crippen molar-refractivity contribution in [2.75, 3.05) is 7.05 Å². The Morgan fingerprint density at radius 3 is 2.71 bits per heavy atom. The van der Waals surface area contributed by atoms with Gasteiger partial charge >= 0.3 is 0 Å². The molecule has 1 rings (SSSR count). The Morgan fingerprint density at radius 2 is 2.21 bits per heavy atom. The minimum absolute atomic E-state index is 0.0440. The van der Waals surface area contributed by atoms with Crippen LogP contribution in [0.1, 0.15) is 11.1 Å². The van der Waals surface area contributed by atoms with E-state index in [9.17, 15) is 10.1 Å². The van der Waals surface area contributed by atoms with Crippen LogP contribution in [0.4, 0.5) is 5.69 Å². The van der Waals surface area contributed by atoms with Crippen molar-refractivity contribution in [1.29, 1.82) is 5.41 Å². The second kappa shape index (κ2) is 3.87. The third-order valence-corrected chi connectivity index (χ3v) is 1.94. The topological polar surface area (TPSA) is 79.0 Å². The monoisotopic (exact) mass is 193 g/mol. The van der Waals surface area contributed by atoms with Gasteiger partial charge in [-0.05, 0) is 6.92 Å². The lowest BCUT2D eigenvalue weighted by molar-refractivity contribution is -0.385. The van der Waals surface area contributed by atoms with E-state index in [1.54, 1.807) is 26.1 Å². The number of hydrogen-bond acceptors (Lipinski definition) is 3. The number of rotatable bonds is 2. The van der Waals surface area contributed by atoms with Gasteiger partial charge in [-0.1, -0.05) is 12.1 Å². The van der Waals surface area contributed by atoms with E-state index in [0.29, 0.717) is 11.1 Å². The second-order valence-corrected chi connectivity index (χ2v) is 2.88. The molecule has 74 valence electrons. The van der Waals surface area contributed by atoms with Gasteiger partial charge in [-0.3, -0.25) is 15.5 Å². The number of nitro benzene ring substituents is 1. The predicted molar refractivity (Wildman–Crippen MR) is 53.7 cm³/mol. The van der Waals surface area contributed by atoms with Gasteiger partial charge in [0.2, 0.25) is 0 Å². The zero-order valence-corrected chi connectivity index (χ0v) is 8.00. The molecular weight excluding hydrogens is 182 g/mol. The molecule has 0 heterocycles. The zero-order valence-electron chi connectivity index (χ0n) is 8.00. The molecule has 5 heteroatoms. The van der Waals surface area contributed by atoms with Crippen LogP contribution in [0.15, 0.2) is 18.2 Å². The molecule has 0 aliphatic heterocycles. The third kappa shape index (κ3) is 1.87. The number of nitrogens with zero attached hydrogens (tertiary/aromatic N) is 1. The molecule has 0 saturated heterocycles. The summed E-state index contributed by atoms with van der Waals surface area (Å²) in [7, 11) is 1.61. The Morgan fingerprint density at radius 1 is 1.57 bits per heavy atom. The van der Waals surface area contributed by atoms with E-state index in [1.165, 1.54) is 6.07 Å². The molecule has 0 bridgehead atoms. The molecule has 0 saturated carbocycles. The van der Waals surface area contributed by atoms with Crippen LogP contribution in [0.5, 0.6) is 0 Å². The van der Waals surface area contributed by atoms with Crippen LogP contribution in [0, 0.1) is 22.4 Å². The van der Waals surface area contributed by atoms with E-state index in [4.69, 9.17) is 5.41 Å². The molecule has 0 aliphatic rings. The summed E-state index contributed by atoms with van der Waals surface area (Å²) in [5, 5.41) is 20.7. The largest absolute Gasteiger partial charge is 0.373 e. The highest BCUT2D eigenvalue weighted by Gasteiger charge is 2.12. The Balaban J connectivity index is 3.19. The Bertz CT molecular complexity index is 388. The van der Waals surface area contributed by atoms with Crippen LogP contribution in [0.25, 0.3) is 0 Å². The minimum atomic E-state index is -0.443. The minimum Gasteiger partial charge on any atom is -0.373 e. The number of benzene rings is 1. The molecule has 0 radical (unpaired) electrons. The second-order valence-electron chi connectivity index (χ2n) is 2.88. The van der Waals surface area contributed by atoms with Crippen molar-refractivity contribution in [3.63, 3.8) is 0 Å². The van der Waals surface area contributed by atoms with Crippen LogP contribution in [0.3, 0.4) is 0 Å². The van der Waals surface area contributed by atoms with Crippen LogP contribution in [-0.2, 0) is 0 Å². The van der Waals surface area contributed by atoms with E-state index < -0.39 is 4.92 Å². The average molecular weight is 193 g/mol. The maximum absolute atomic E-state index is 10.6. The first kappa shape index (κ1) is 10.2. The predicted octanol–water partition coefficient (Wildman–Crippen LogP) is 1.45. The van der Waals surface area contributed by atoms with E-state index in [1.807, 2.05) is 0 Å². The summed E-state index contributed by atoms with van der Waals surface area (Å²) in [5.74, 6) is 0.174. The van der Waals surface area contributed by atoms with Gasteiger partial charge in [0.15, 0.2) is 0 Å². The summed E-state index contributed by atoms with van der Waals surface area (Å²) in [6.07, 6.45) is 0. The molecule has 0 atom stereocenters. The summed E-state index contributed by atoms with van der Waals surface area (Å²) in [5.41, 5.74) is 1.16. The Hall–Kier alpha value is -1.91. The van der Waals surface area contributed by atoms with E-state index in [0.717, 1.165) is 0 Å². The van der Waals surface area contributed by atoms with Crippen molar-refractivity contribution in [2.24, 2.45) is 0 Å². The summed E-state index contributed by atoms with van der Waals surface area (Å²) in [4.78, 5) is 10.2. The smallest absolute Gasteiger partial charge is 0.273 e. The first-order valence-electron chi connectivity index (χ1n) is 4.08. The van der Waals surface area contributed by atoms with Gasteiger partial charge in [-0.2, -0.15) is 0 Å². The van der Waals surface area contributed by atoms with Crippen LogP contribution in [-0.4, -0.2) is 17.8 Å². The van der Waals surface area contributed by atoms with Crippen molar-refractivity contribution in [3.05, 3.63) is 39.4 Å². The molecule has 14 heavy (non-hydrogen) atoms. The molecule has 2 N–H and O–H groups in total. The lowest BCUT2D eigenvalue weighted by atomic mass is 10.1. The fourth-order valence-corrected chi connectivity index (χ4v) is 1.11. The van der Waals surface area contributed by atoms with Crippen LogP contribution >= 0.6 is 0 Å². The highest BCUT2D eigenvalue weighted by Crippen LogP contribution is 2.18. The van der Waals surface area contributed by atoms with Gasteiger partial charge in [0.1, 0.15) is 5.84 Å². The number of nitrogens with one attached hydrogen (secondary N) is 2. The fourth-order valence-electron chi connectivity index (χ4n) is 1.11. The first-order chi connectivity index (χ1) is 6.56. The van der Waals surface area contributed by atoms with Gasteiger partial charge in [0.05, 0.1) is 4.92 Å². The first-order valence-corrected chi connectivity index (χ1v) is 4.08. The normalized spacial score (nSPS) is 9.57. The Labute approximate surface area is 81.4 Å². The molecule has 1 aromatic carbocycles. The molecule has 0 spiro atoms. The van der Waals surface area contributed by atoms with Crippen molar-refractivity contribution >= 4 is 11.5 Å². The molecule has 0 unspecified atom stereocenters. The molecule has 5 nitrogen and oxygen atoms in total. The quantitative estimate of drug-likeness (QED) is 0.323. The number of aryl methyl sites for hydroxylation is 1. The molecule has 0 aliphatic carbocycles. The van der Waals surface area contributed by atoms with Crippen molar-refractivity contribution in [3.8, 4) is 0 Å². The summed E-state index contributed by atoms with van der Waals surface area (Å²) in [6.45, 7) is 1.67. The van der Waals surface area contributed by atoms with Gasteiger partial charge in [0.25, 0.3) is 5.69 Å². The van der Waals surface area contributed by atoms with E-state index in [2.05, 4.69) is 5.32 Å². The third-order valence-electron chi connectivity index (χ3n) is 1.94. The van der Waals surface area contributed by atoms with E-state index in [-0.39, 0.29) is 11.5 Å². The molecule has 0 aromatic heterocycles. The van der Waals surface area contributed by atoms with Gasteiger partial charge in [-0.25, -0.2) is 0 Å². The van der Waals surface area contributed by atoms with Crippen LogP contribution < -0.4 is 5.32 Å². The lowest BCUT2D eigenvalue weighted by Crippen LogP contribution is -2.17. The summed E-state index contributed by atoms with van der Waals surface area (Å²) >= 11 is 0. The van der Waals surface area contributed by atoms with Crippen LogP contribution in [0.2, 0.25) is 0 Å². The van der Waals surface area contributed by atoms with Gasteiger partial charge in [-0.15, -0.1) is 0 Å². The maximum atomic E-state index is 10.6. The van der Waals surface area contributed by atoms with Gasteiger partial charge in [0, 0.05) is 24.2 Å². The van der Waals surface area contributed by atoms with Crippen molar-refractivity contribution < 1.29 is 4.92 Å². The molecule has 1 aromatic rings. The lowest BCUT2D eigenvalue weighted by Gasteiger charge is -2.03. The summed E-state index contributed by atoms with van der Waals surface area (Å²) in [6, 6.07) is 4.72. The molecule has 0 fully saturated rings. The highest BCUT2D eigenvalue weighted by molar-refractivity contribution is 5.96. The molecule has 0 amide bonds.